The molecule has 0 aliphatic carbocycles. The number of nitrogens with zero attached hydrogens (tertiary/aromatic N) is 3. The molecule has 3 rings (SSSR count). The van der Waals surface area contributed by atoms with Crippen molar-refractivity contribution >= 4 is 40.6 Å². The number of phosphoric acid groups is 3. The van der Waals surface area contributed by atoms with E-state index < -0.39 is 59.7 Å². The molecule has 0 radical (unpaired) electrons. The molecule has 2 aromatic heterocycles. The first-order valence-corrected chi connectivity index (χ1v) is 15.2. The summed E-state index contributed by atoms with van der Waals surface area (Å²) in [7, 11) is -17.1. The third kappa shape index (κ3) is 7.43. The maximum absolute atomic E-state index is 12.5. The van der Waals surface area contributed by atoms with Gasteiger partial charge < -0.3 is 40.3 Å². The first kappa shape index (κ1) is 30.7. The highest BCUT2D eigenvalue weighted by atomic mass is 31.3. The van der Waals surface area contributed by atoms with Gasteiger partial charge in [-0.25, -0.2) is 18.7 Å². The number of fused-ring (bicyclic) bond motifs is 1. The molecule has 22 heteroatoms. The highest BCUT2D eigenvalue weighted by molar-refractivity contribution is 7.66. The molecule has 3 unspecified atom stereocenters. The molecule has 0 spiro atoms. The average molecular weight is 605 g/mol. The molecule has 214 valence electrons. The number of aromatic amines is 1. The summed E-state index contributed by atoms with van der Waals surface area (Å²) in [5.74, 6) is -0.278. The Morgan fingerprint density at radius 2 is 1.87 bits per heavy atom. The summed E-state index contributed by atoms with van der Waals surface area (Å²) in [5, 5.41) is 21.4. The molecule has 0 saturated carbocycles. The summed E-state index contributed by atoms with van der Waals surface area (Å²) >= 11 is 0. The van der Waals surface area contributed by atoms with Crippen LogP contribution >= 0.6 is 23.5 Å². The first-order valence-electron chi connectivity index (χ1n) is 10.6. The highest BCUT2D eigenvalue weighted by Gasteiger charge is 2.50. The molecular weight excluding hydrogens is 579 g/mol. The topological polar surface area (TPSA) is 299 Å². The predicted octanol–water partition coefficient (Wildman–Crippen LogP) is -0.221. The fourth-order valence-electron chi connectivity index (χ4n) is 3.52. The molecule has 0 bridgehead atoms. The van der Waals surface area contributed by atoms with Crippen molar-refractivity contribution in [2.45, 2.75) is 57.3 Å². The van der Waals surface area contributed by atoms with E-state index in [1.807, 2.05) is 0 Å². The number of H-pyrrole nitrogens is 1. The number of hydrogen-bond donors (Lipinski definition) is 8. The van der Waals surface area contributed by atoms with Gasteiger partial charge in [-0.15, -0.1) is 0 Å². The van der Waals surface area contributed by atoms with Crippen molar-refractivity contribution in [1.29, 1.82) is 0 Å². The van der Waals surface area contributed by atoms with Gasteiger partial charge in [0.25, 0.3) is 5.56 Å². The van der Waals surface area contributed by atoms with Gasteiger partial charge in [0.2, 0.25) is 5.95 Å². The lowest BCUT2D eigenvalue weighted by Crippen LogP contribution is -2.39. The van der Waals surface area contributed by atoms with Crippen molar-refractivity contribution in [2.75, 3.05) is 5.73 Å². The summed E-state index contributed by atoms with van der Waals surface area (Å²) in [6.45, 7) is 3.51. The van der Waals surface area contributed by atoms with Gasteiger partial charge in [-0.3, -0.25) is 18.9 Å². The van der Waals surface area contributed by atoms with Gasteiger partial charge in [-0.05, 0) is 19.8 Å². The quantitative estimate of drug-likeness (QED) is 0.121. The van der Waals surface area contributed by atoms with Crippen molar-refractivity contribution in [2.24, 2.45) is 0 Å². The number of phosphoric ester groups is 1. The second-order valence-corrected chi connectivity index (χ2v) is 12.5. The summed E-state index contributed by atoms with van der Waals surface area (Å²) in [6.07, 6.45) is -5.35. The lowest BCUT2D eigenvalue weighted by atomic mass is 10.0. The minimum Gasteiger partial charge on any atom is -0.387 e. The smallest absolute Gasteiger partial charge is 0.387 e. The Kier molecular flexibility index (Phi) is 9.17. The van der Waals surface area contributed by atoms with Crippen LogP contribution < -0.4 is 11.3 Å². The molecule has 0 amide bonds. The van der Waals surface area contributed by atoms with E-state index in [9.17, 15) is 38.5 Å². The van der Waals surface area contributed by atoms with Crippen LogP contribution in [-0.2, 0) is 31.6 Å². The van der Waals surface area contributed by atoms with Crippen LogP contribution in [0, 0.1) is 0 Å². The molecule has 19 nitrogen and oxygen atoms in total. The van der Waals surface area contributed by atoms with E-state index in [0.717, 1.165) is 16.5 Å². The van der Waals surface area contributed by atoms with Crippen LogP contribution in [0.25, 0.3) is 11.2 Å². The van der Waals surface area contributed by atoms with Crippen LogP contribution in [-0.4, -0.2) is 73.7 Å². The number of aliphatic hydroxyl groups is 2. The minimum atomic E-state index is -5.82. The number of anilines is 1. The van der Waals surface area contributed by atoms with Gasteiger partial charge in [-0.2, -0.15) is 13.6 Å². The van der Waals surface area contributed by atoms with Crippen LogP contribution in [0.15, 0.2) is 22.8 Å². The number of rotatable bonds is 11. The van der Waals surface area contributed by atoms with Crippen LogP contribution in [0.3, 0.4) is 0 Å². The zero-order valence-electron chi connectivity index (χ0n) is 19.7. The Hall–Kier alpha value is -1.82. The van der Waals surface area contributed by atoms with E-state index >= 15 is 0 Å². The summed E-state index contributed by atoms with van der Waals surface area (Å²) < 4.78 is 54.3. The first-order chi connectivity index (χ1) is 17.4. The van der Waals surface area contributed by atoms with Gasteiger partial charge in [0.05, 0.1) is 6.33 Å². The Labute approximate surface area is 213 Å². The minimum absolute atomic E-state index is 0.116. The van der Waals surface area contributed by atoms with Gasteiger partial charge >= 0.3 is 23.5 Å². The number of ether oxygens (including phenoxy) is 1. The molecule has 7 atom stereocenters. The predicted molar refractivity (Wildman–Crippen MR) is 126 cm³/mol. The maximum atomic E-state index is 12.5. The molecule has 38 heavy (non-hydrogen) atoms. The van der Waals surface area contributed by atoms with Gasteiger partial charge in [0.1, 0.15) is 24.4 Å². The SMILES string of the molecule is CCC(C)=CCC(OP(=O)(O)OP(=O)(O)OP(=O)(O)O)[C@H]1O[C@@H](n2cnc3c(=O)[nH]c(N)nc32)[C@H](O)[C@@H]1O. The van der Waals surface area contributed by atoms with E-state index in [1.165, 1.54) is 6.08 Å². The van der Waals surface area contributed by atoms with Gasteiger partial charge in [0.15, 0.2) is 17.4 Å². The molecule has 1 aliphatic heterocycles. The number of hydrogen-bond acceptors (Lipinski definition) is 13. The number of nitrogen functional groups attached to an aromatic ring is 1. The molecule has 1 aliphatic rings. The maximum Gasteiger partial charge on any atom is 0.490 e. The number of nitrogens with one attached hydrogen (secondary N) is 1. The number of aromatic nitrogens is 4. The fourth-order valence-corrected chi connectivity index (χ4v) is 6.73. The number of nitrogens with two attached hydrogens (primary N) is 1. The molecule has 1 saturated heterocycles. The largest absolute Gasteiger partial charge is 0.490 e. The standard InChI is InChI=1S/C16H26N5O14P3/c1-3-7(2)4-5-8(33-37(28,29)35-38(30,31)34-36(25,26)27)12-10(22)11(23)15(32-12)21-6-18-9-13(21)19-16(17)20-14(9)24/h4,6,8,10-12,15,22-23H,3,5H2,1-2H3,(H,28,29)(H,30,31)(H2,25,26,27)(H3,17,19,20,24)/t8?,10-,11+,12+,15+/m0/s1. The van der Waals surface area contributed by atoms with Gasteiger partial charge in [0, 0.05) is 0 Å². The molecular formula is C16H26N5O14P3. The van der Waals surface area contributed by atoms with E-state index in [4.69, 9.17) is 24.8 Å². The third-order valence-corrected chi connectivity index (χ3v) is 9.17. The zero-order chi connectivity index (χ0) is 28.6. The van der Waals surface area contributed by atoms with Crippen molar-refractivity contribution in [1.82, 2.24) is 19.5 Å². The van der Waals surface area contributed by atoms with E-state index in [2.05, 4.69) is 23.6 Å². The summed E-state index contributed by atoms with van der Waals surface area (Å²) in [6, 6.07) is 0. The molecule has 1 fully saturated rings. The van der Waals surface area contributed by atoms with Crippen LogP contribution in [0.4, 0.5) is 5.95 Å². The zero-order valence-corrected chi connectivity index (χ0v) is 22.3. The molecule has 9 N–H and O–H groups in total. The Balaban J connectivity index is 1.92. The lowest BCUT2D eigenvalue weighted by Gasteiger charge is -2.27. The summed E-state index contributed by atoms with van der Waals surface area (Å²) in [4.78, 5) is 59.0. The van der Waals surface area contributed by atoms with E-state index in [1.54, 1.807) is 13.8 Å². The second kappa shape index (κ2) is 11.3. The Morgan fingerprint density at radius 1 is 1.21 bits per heavy atom. The van der Waals surface area contributed by atoms with Crippen LogP contribution in [0.5, 0.6) is 0 Å². The Morgan fingerprint density at radius 3 is 2.47 bits per heavy atom. The van der Waals surface area contributed by atoms with Crippen molar-refractivity contribution < 1.29 is 61.4 Å². The van der Waals surface area contributed by atoms with Crippen molar-refractivity contribution in [3.63, 3.8) is 0 Å². The van der Waals surface area contributed by atoms with Crippen molar-refractivity contribution in [3.8, 4) is 0 Å². The highest BCUT2D eigenvalue weighted by Crippen LogP contribution is 2.66. The van der Waals surface area contributed by atoms with Crippen molar-refractivity contribution in [3.05, 3.63) is 28.3 Å². The monoisotopic (exact) mass is 605 g/mol. The number of aliphatic hydroxyl groups excluding tert-OH is 2. The normalized spacial score (nSPS) is 26.8. The second-order valence-electron chi connectivity index (χ2n) is 8.12. The van der Waals surface area contributed by atoms with Crippen LogP contribution in [0.1, 0.15) is 32.9 Å². The average Bonchev–Trinajstić information content (AvgIpc) is 3.29. The lowest BCUT2D eigenvalue weighted by molar-refractivity contribution is -0.0798. The number of allylic oxidation sites excluding steroid dienone is 1. The van der Waals surface area contributed by atoms with Crippen LogP contribution in [0.2, 0.25) is 0 Å². The molecule has 0 aromatic carbocycles. The molecule has 3 heterocycles. The van der Waals surface area contributed by atoms with E-state index in [0.29, 0.717) is 6.42 Å². The third-order valence-electron chi connectivity index (χ3n) is 5.31. The van der Waals surface area contributed by atoms with E-state index in [-0.39, 0.29) is 23.5 Å². The fraction of sp³-hybridized carbons (Fsp3) is 0.562. The summed E-state index contributed by atoms with van der Waals surface area (Å²) in [5.41, 5.74) is 5.35. The number of imidazole rings is 1. The van der Waals surface area contributed by atoms with Gasteiger partial charge in [-0.1, -0.05) is 18.6 Å². The molecule has 2 aromatic rings. The Bertz CT molecular complexity index is 1400.